The smallest absolute Gasteiger partial charge is 0.248 e. The molecule has 3 nitrogen and oxygen atoms in total. The van der Waals surface area contributed by atoms with E-state index in [4.69, 9.17) is 17.3 Å². The normalized spacial score (nSPS) is 22.2. The highest BCUT2D eigenvalue weighted by Crippen LogP contribution is 2.30. The van der Waals surface area contributed by atoms with Gasteiger partial charge < -0.3 is 11.1 Å². The third-order valence-electron chi connectivity index (χ3n) is 4.52. The summed E-state index contributed by atoms with van der Waals surface area (Å²) in [6.45, 7) is 4.11. The molecule has 1 aliphatic rings. The zero-order valence-electron chi connectivity index (χ0n) is 12.7. The summed E-state index contributed by atoms with van der Waals surface area (Å²) < 4.78 is 0. The van der Waals surface area contributed by atoms with Crippen molar-refractivity contribution in [3.63, 3.8) is 0 Å². The molecular formula is C17H25ClN2O. The molecule has 4 heteroatoms. The van der Waals surface area contributed by atoms with Gasteiger partial charge in [0.2, 0.25) is 5.91 Å². The van der Waals surface area contributed by atoms with Crippen molar-refractivity contribution in [2.24, 2.45) is 17.6 Å². The molecule has 0 unspecified atom stereocenters. The maximum absolute atomic E-state index is 11.1. The van der Waals surface area contributed by atoms with Crippen LogP contribution in [0, 0.1) is 11.8 Å². The number of hydrogen-bond donors (Lipinski definition) is 2. The fraction of sp³-hybridized carbons (Fsp3) is 0.588. The van der Waals surface area contributed by atoms with Crippen LogP contribution in [-0.2, 0) is 6.54 Å². The fourth-order valence-corrected chi connectivity index (χ4v) is 3.24. The lowest BCUT2D eigenvalue weighted by Crippen LogP contribution is -2.21. The largest absolute Gasteiger partial charge is 0.366 e. The SMILES string of the molecule is CC1CCC(CCNCc2ccc(C(N)=O)cc2Cl)CC1. The van der Waals surface area contributed by atoms with Gasteiger partial charge in [-0.05, 0) is 42.5 Å². The second-order valence-electron chi connectivity index (χ2n) is 6.26. The quantitative estimate of drug-likeness (QED) is 0.786. The molecular weight excluding hydrogens is 284 g/mol. The Morgan fingerprint density at radius 1 is 1.33 bits per heavy atom. The minimum atomic E-state index is -0.442. The third-order valence-corrected chi connectivity index (χ3v) is 4.87. The van der Waals surface area contributed by atoms with Crippen LogP contribution >= 0.6 is 11.6 Å². The van der Waals surface area contributed by atoms with Crippen LogP contribution in [0.1, 0.15) is 54.9 Å². The summed E-state index contributed by atoms with van der Waals surface area (Å²) in [6.07, 6.45) is 6.74. The fourth-order valence-electron chi connectivity index (χ4n) is 2.99. The lowest BCUT2D eigenvalue weighted by molar-refractivity contribution is 0.100. The highest BCUT2D eigenvalue weighted by atomic mass is 35.5. The summed E-state index contributed by atoms with van der Waals surface area (Å²) in [4.78, 5) is 11.1. The number of primary amides is 1. The molecule has 0 saturated heterocycles. The van der Waals surface area contributed by atoms with E-state index in [1.54, 1.807) is 12.1 Å². The molecule has 0 heterocycles. The first-order valence-corrected chi connectivity index (χ1v) is 8.23. The molecule has 0 radical (unpaired) electrons. The van der Waals surface area contributed by atoms with Gasteiger partial charge in [0.25, 0.3) is 0 Å². The van der Waals surface area contributed by atoms with Crippen molar-refractivity contribution in [1.82, 2.24) is 5.32 Å². The molecule has 1 amide bonds. The molecule has 0 aromatic heterocycles. The second kappa shape index (κ2) is 7.81. The van der Waals surface area contributed by atoms with Crippen LogP contribution in [0.4, 0.5) is 0 Å². The Hall–Kier alpha value is -1.06. The average Bonchev–Trinajstić information content (AvgIpc) is 2.46. The van der Waals surface area contributed by atoms with Crippen LogP contribution in [0.5, 0.6) is 0 Å². The summed E-state index contributed by atoms with van der Waals surface area (Å²) >= 11 is 6.17. The number of halogens is 1. The summed E-state index contributed by atoms with van der Waals surface area (Å²) in [5.74, 6) is 1.35. The van der Waals surface area contributed by atoms with Crippen molar-refractivity contribution in [2.45, 2.75) is 45.6 Å². The number of nitrogens with two attached hydrogens (primary N) is 1. The van der Waals surface area contributed by atoms with E-state index in [-0.39, 0.29) is 0 Å². The Bertz CT molecular complexity index is 482. The topological polar surface area (TPSA) is 55.1 Å². The van der Waals surface area contributed by atoms with E-state index in [1.807, 2.05) is 6.07 Å². The van der Waals surface area contributed by atoms with Gasteiger partial charge in [-0.3, -0.25) is 4.79 Å². The van der Waals surface area contributed by atoms with Crippen LogP contribution < -0.4 is 11.1 Å². The monoisotopic (exact) mass is 308 g/mol. The Kier molecular flexibility index (Phi) is 6.07. The lowest BCUT2D eigenvalue weighted by atomic mass is 9.81. The molecule has 3 N–H and O–H groups in total. The van der Waals surface area contributed by atoms with Crippen LogP contribution in [0.2, 0.25) is 5.02 Å². The van der Waals surface area contributed by atoms with Crippen molar-refractivity contribution in [3.8, 4) is 0 Å². The van der Waals surface area contributed by atoms with Gasteiger partial charge in [-0.1, -0.05) is 50.3 Å². The molecule has 1 aromatic rings. The zero-order chi connectivity index (χ0) is 15.2. The van der Waals surface area contributed by atoms with Crippen molar-refractivity contribution < 1.29 is 4.79 Å². The van der Waals surface area contributed by atoms with Crippen molar-refractivity contribution >= 4 is 17.5 Å². The maximum Gasteiger partial charge on any atom is 0.248 e. The minimum absolute atomic E-state index is 0.442. The lowest BCUT2D eigenvalue weighted by Gasteiger charge is -2.26. The predicted molar refractivity (Wildman–Crippen MR) is 87.4 cm³/mol. The Balaban J connectivity index is 1.72. The summed E-state index contributed by atoms with van der Waals surface area (Å²) in [6, 6.07) is 5.24. The zero-order valence-corrected chi connectivity index (χ0v) is 13.5. The molecule has 1 aliphatic carbocycles. The third kappa shape index (κ3) is 5.01. The number of amides is 1. The second-order valence-corrected chi connectivity index (χ2v) is 6.67. The molecule has 2 rings (SSSR count). The van der Waals surface area contributed by atoms with E-state index >= 15 is 0 Å². The highest BCUT2D eigenvalue weighted by molar-refractivity contribution is 6.31. The molecule has 0 aliphatic heterocycles. The summed E-state index contributed by atoms with van der Waals surface area (Å²) in [7, 11) is 0. The first-order chi connectivity index (χ1) is 10.1. The number of carbonyl (C=O) groups is 1. The predicted octanol–water partition coefficient (Wildman–Crippen LogP) is 3.74. The Morgan fingerprint density at radius 3 is 2.67 bits per heavy atom. The van der Waals surface area contributed by atoms with E-state index in [2.05, 4.69) is 12.2 Å². The molecule has 1 fully saturated rings. The summed E-state index contributed by atoms with van der Waals surface area (Å²) in [5.41, 5.74) is 6.70. The van der Waals surface area contributed by atoms with E-state index in [1.165, 1.54) is 32.1 Å². The van der Waals surface area contributed by atoms with Gasteiger partial charge in [0.05, 0.1) is 0 Å². The van der Waals surface area contributed by atoms with Gasteiger partial charge in [-0.2, -0.15) is 0 Å². The van der Waals surface area contributed by atoms with Gasteiger partial charge in [0, 0.05) is 17.1 Å². The maximum atomic E-state index is 11.1. The standard InChI is InChI=1S/C17H25ClN2O/c1-12-2-4-13(5-3-12)8-9-20-11-15-7-6-14(17(19)21)10-16(15)18/h6-7,10,12-13,20H,2-5,8-9,11H2,1H3,(H2,19,21). The highest BCUT2D eigenvalue weighted by Gasteiger charge is 2.17. The number of benzene rings is 1. The Morgan fingerprint density at radius 2 is 2.05 bits per heavy atom. The van der Waals surface area contributed by atoms with Crippen LogP contribution in [0.3, 0.4) is 0 Å². The van der Waals surface area contributed by atoms with Crippen molar-refractivity contribution in [3.05, 3.63) is 34.3 Å². The molecule has 1 saturated carbocycles. The molecule has 0 spiro atoms. The molecule has 0 bridgehead atoms. The molecule has 21 heavy (non-hydrogen) atoms. The minimum Gasteiger partial charge on any atom is -0.366 e. The van der Waals surface area contributed by atoms with Crippen LogP contribution in [0.25, 0.3) is 0 Å². The van der Waals surface area contributed by atoms with Gasteiger partial charge in [0.1, 0.15) is 0 Å². The Labute approximate surface area is 132 Å². The number of hydrogen-bond acceptors (Lipinski definition) is 2. The van der Waals surface area contributed by atoms with E-state index in [9.17, 15) is 4.79 Å². The summed E-state index contributed by atoms with van der Waals surface area (Å²) in [5, 5.41) is 4.05. The van der Waals surface area contributed by atoms with Crippen LogP contribution in [-0.4, -0.2) is 12.5 Å². The first-order valence-electron chi connectivity index (χ1n) is 7.85. The van der Waals surface area contributed by atoms with E-state index in [0.29, 0.717) is 10.6 Å². The molecule has 0 atom stereocenters. The van der Waals surface area contributed by atoms with Crippen molar-refractivity contribution in [1.29, 1.82) is 0 Å². The average molecular weight is 309 g/mol. The molecule has 116 valence electrons. The number of nitrogens with one attached hydrogen (secondary N) is 1. The van der Waals surface area contributed by atoms with E-state index in [0.717, 1.165) is 30.5 Å². The van der Waals surface area contributed by atoms with Crippen LogP contribution in [0.15, 0.2) is 18.2 Å². The first kappa shape index (κ1) is 16.3. The van der Waals surface area contributed by atoms with Gasteiger partial charge in [-0.25, -0.2) is 0 Å². The van der Waals surface area contributed by atoms with Gasteiger partial charge >= 0.3 is 0 Å². The van der Waals surface area contributed by atoms with E-state index < -0.39 is 5.91 Å². The van der Waals surface area contributed by atoms with Gasteiger partial charge in [-0.15, -0.1) is 0 Å². The van der Waals surface area contributed by atoms with Gasteiger partial charge in [0.15, 0.2) is 0 Å². The van der Waals surface area contributed by atoms with Crippen molar-refractivity contribution in [2.75, 3.05) is 6.54 Å². The number of carbonyl (C=O) groups excluding carboxylic acids is 1. The number of rotatable bonds is 6. The molecule has 1 aromatic carbocycles.